The molecule has 0 radical (unpaired) electrons. The first kappa shape index (κ1) is 18.4. The van der Waals surface area contributed by atoms with Crippen LogP contribution in [0.15, 0.2) is 52.1 Å². The molecule has 1 amide bonds. The van der Waals surface area contributed by atoms with Gasteiger partial charge in [-0.3, -0.25) is 0 Å². The van der Waals surface area contributed by atoms with Gasteiger partial charge in [0.15, 0.2) is 5.84 Å². The number of rotatable bonds is 6. The van der Waals surface area contributed by atoms with Crippen LogP contribution >= 0.6 is 0 Å². The molecular formula is C18H21N3O4. The van der Waals surface area contributed by atoms with E-state index in [0.717, 1.165) is 5.56 Å². The van der Waals surface area contributed by atoms with Gasteiger partial charge in [-0.25, -0.2) is 19.6 Å². The number of carbonyl (C=O) groups excluding carboxylic acids is 2. The van der Waals surface area contributed by atoms with Crippen molar-refractivity contribution in [2.75, 3.05) is 7.11 Å². The lowest BCUT2D eigenvalue weighted by molar-refractivity contribution is -0.134. The summed E-state index contributed by atoms with van der Waals surface area (Å²) < 4.78 is 9.79. The normalized spacial score (nSPS) is 15.8. The van der Waals surface area contributed by atoms with Crippen molar-refractivity contribution in [1.29, 1.82) is 0 Å². The molecule has 0 aliphatic carbocycles. The Morgan fingerprint density at radius 2 is 1.96 bits per heavy atom. The molecule has 1 N–H and O–H groups in total. The van der Waals surface area contributed by atoms with Crippen LogP contribution in [0.1, 0.15) is 19.4 Å². The molecule has 7 heteroatoms. The lowest BCUT2D eigenvalue weighted by Gasteiger charge is -2.20. The maximum Gasteiger partial charge on any atom is 0.408 e. The minimum Gasteiger partial charge on any atom is -0.466 e. The summed E-state index contributed by atoms with van der Waals surface area (Å²) in [5.41, 5.74) is 1.28. The minimum absolute atomic E-state index is 0.0395. The number of aliphatic imine (C=N–C) groups is 2. The number of amides is 1. The van der Waals surface area contributed by atoms with Crippen molar-refractivity contribution in [3.05, 3.63) is 47.7 Å². The van der Waals surface area contributed by atoms with Crippen molar-refractivity contribution in [3.63, 3.8) is 0 Å². The van der Waals surface area contributed by atoms with Crippen LogP contribution < -0.4 is 5.32 Å². The molecule has 132 valence electrons. The molecule has 0 saturated carbocycles. The van der Waals surface area contributed by atoms with Gasteiger partial charge in [-0.2, -0.15) is 0 Å². The highest BCUT2D eigenvalue weighted by Crippen LogP contribution is 2.13. The minimum atomic E-state index is -0.550. The fourth-order valence-corrected chi connectivity index (χ4v) is 2.14. The van der Waals surface area contributed by atoms with Gasteiger partial charge in [-0.1, -0.05) is 44.2 Å². The summed E-state index contributed by atoms with van der Waals surface area (Å²) >= 11 is 0. The fraction of sp³-hybridized carbons (Fsp3) is 0.333. The maximum atomic E-state index is 12.1. The van der Waals surface area contributed by atoms with Crippen molar-refractivity contribution in [2.45, 2.75) is 26.5 Å². The van der Waals surface area contributed by atoms with E-state index >= 15 is 0 Å². The van der Waals surface area contributed by atoms with E-state index in [1.165, 1.54) is 19.4 Å². The highest BCUT2D eigenvalue weighted by molar-refractivity contribution is 6.07. The highest BCUT2D eigenvalue weighted by Gasteiger charge is 2.25. The summed E-state index contributed by atoms with van der Waals surface area (Å²) in [6.45, 7) is 4.05. The SMILES string of the molecule is COC(=O)/C=C1\C=NC([C@@H](NC(=O)OCc2ccccc2)C(C)C)=N1. The molecule has 0 spiro atoms. The van der Waals surface area contributed by atoms with Crippen molar-refractivity contribution < 1.29 is 19.1 Å². The van der Waals surface area contributed by atoms with Gasteiger partial charge < -0.3 is 14.8 Å². The molecule has 2 rings (SSSR count). The number of hydrogen-bond donors (Lipinski definition) is 1. The summed E-state index contributed by atoms with van der Waals surface area (Å²) in [6, 6.07) is 8.98. The summed E-state index contributed by atoms with van der Waals surface area (Å²) in [5, 5.41) is 2.77. The number of nitrogens with zero attached hydrogens (tertiary/aromatic N) is 2. The van der Waals surface area contributed by atoms with E-state index in [2.05, 4.69) is 20.0 Å². The number of allylic oxidation sites excluding steroid dienone is 1. The van der Waals surface area contributed by atoms with Gasteiger partial charge in [-0.15, -0.1) is 0 Å². The first-order valence-electron chi connectivity index (χ1n) is 7.89. The van der Waals surface area contributed by atoms with Crippen LogP contribution in [0.25, 0.3) is 0 Å². The molecule has 1 atom stereocenters. The Balaban J connectivity index is 1.98. The van der Waals surface area contributed by atoms with Crippen LogP contribution in [0.4, 0.5) is 4.79 Å². The van der Waals surface area contributed by atoms with Crippen LogP contribution in [-0.4, -0.2) is 37.3 Å². The average Bonchev–Trinajstić information content (AvgIpc) is 3.06. The molecule has 0 unspecified atom stereocenters. The Kier molecular flexibility index (Phi) is 6.45. The zero-order chi connectivity index (χ0) is 18.2. The number of amidine groups is 1. The molecule has 0 bridgehead atoms. The number of benzene rings is 1. The standard InChI is InChI=1S/C18H21N3O4/c1-12(2)16(17-19-10-14(20-17)9-15(22)24-3)21-18(23)25-11-13-7-5-4-6-8-13/h4-10,12,16H,11H2,1-3H3,(H,21,23)/b14-9+/t16-/m0/s1. The summed E-state index contributed by atoms with van der Waals surface area (Å²) in [5.74, 6) is -0.0535. The number of methoxy groups -OCH3 is 1. The molecule has 1 aliphatic heterocycles. The Morgan fingerprint density at radius 1 is 1.24 bits per heavy atom. The van der Waals surface area contributed by atoms with E-state index in [1.54, 1.807) is 0 Å². The molecule has 1 aromatic carbocycles. The van der Waals surface area contributed by atoms with Gasteiger partial charge >= 0.3 is 12.1 Å². The number of alkyl carbamates (subject to hydrolysis) is 1. The lowest BCUT2D eigenvalue weighted by atomic mass is 10.0. The maximum absolute atomic E-state index is 12.1. The summed E-state index contributed by atoms with van der Waals surface area (Å²) in [7, 11) is 1.29. The molecular weight excluding hydrogens is 322 g/mol. The predicted molar refractivity (Wildman–Crippen MR) is 94.4 cm³/mol. The Bertz CT molecular complexity index is 708. The van der Waals surface area contributed by atoms with Crippen molar-refractivity contribution >= 4 is 24.1 Å². The molecule has 7 nitrogen and oxygen atoms in total. The van der Waals surface area contributed by atoms with E-state index in [-0.39, 0.29) is 12.5 Å². The fourth-order valence-electron chi connectivity index (χ4n) is 2.14. The Morgan fingerprint density at radius 3 is 2.60 bits per heavy atom. The largest absolute Gasteiger partial charge is 0.466 e. The number of carbonyl (C=O) groups is 2. The van der Waals surface area contributed by atoms with Gasteiger partial charge in [0.2, 0.25) is 0 Å². The lowest BCUT2D eigenvalue weighted by Crippen LogP contribution is -2.43. The Hall–Kier alpha value is -2.96. The van der Waals surface area contributed by atoms with Crippen LogP contribution in [-0.2, 0) is 20.9 Å². The molecule has 25 heavy (non-hydrogen) atoms. The van der Waals surface area contributed by atoms with Gasteiger partial charge in [0, 0.05) is 0 Å². The highest BCUT2D eigenvalue weighted by atomic mass is 16.5. The van der Waals surface area contributed by atoms with Crippen LogP contribution in [0.3, 0.4) is 0 Å². The Labute approximate surface area is 146 Å². The quantitative estimate of drug-likeness (QED) is 0.635. The number of esters is 1. The number of ether oxygens (including phenoxy) is 2. The number of hydrogen-bond acceptors (Lipinski definition) is 6. The topological polar surface area (TPSA) is 89.3 Å². The predicted octanol–water partition coefficient (Wildman–Crippen LogP) is 2.48. The summed E-state index contributed by atoms with van der Waals surface area (Å²) in [4.78, 5) is 31.8. The summed E-state index contributed by atoms with van der Waals surface area (Å²) in [6.07, 6.45) is 2.14. The van der Waals surface area contributed by atoms with Crippen molar-refractivity contribution in [1.82, 2.24) is 5.32 Å². The van der Waals surface area contributed by atoms with Gasteiger partial charge in [0.1, 0.15) is 6.61 Å². The van der Waals surface area contributed by atoms with Crippen LogP contribution in [0.5, 0.6) is 0 Å². The van der Waals surface area contributed by atoms with Gasteiger partial charge in [-0.05, 0) is 11.5 Å². The third kappa shape index (κ3) is 5.56. The third-order valence-corrected chi connectivity index (χ3v) is 3.47. The smallest absolute Gasteiger partial charge is 0.408 e. The second-order valence-corrected chi connectivity index (χ2v) is 5.75. The average molecular weight is 343 g/mol. The molecule has 0 aromatic heterocycles. The number of nitrogens with one attached hydrogen (secondary N) is 1. The zero-order valence-corrected chi connectivity index (χ0v) is 14.4. The van der Waals surface area contributed by atoms with E-state index in [4.69, 9.17) is 4.74 Å². The second kappa shape index (κ2) is 8.77. The van der Waals surface area contributed by atoms with E-state index in [0.29, 0.717) is 11.5 Å². The van der Waals surface area contributed by atoms with Crippen LogP contribution in [0, 0.1) is 5.92 Å². The molecule has 1 aliphatic rings. The first-order chi connectivity index (χ1) is 12.0. The second-order valence-electron chi connectivity index (χ2n) is 5.75. The molecule has 1 heterocycles. The van der Waals surface area contributed by atoms with Gasteiger partial charge in [0.25, 0.3) is 0 Å². The third-order valence-electron chi connectivity index (χ3n) is 3.47. The van der Waals surface area contributed by atoms with Crippen LogP contribution in [0.2, 0.25) is 0 Å². The zero-order valence-electron chi connectivity index (χ0n) is 14.4. The van der Waals surface area contributed by atoms with Gasteiger partial charge in [0.05, 0.1) is 31.1 Å². The molecule has 0 fully saturated rings. The van der Waals surface area contributed by atoms with Crippen molar-refractivity contribution in [3.8, 4) is 0 Å². The molecule has 1 aromatic rings. The van der Waals surface area contributed by atoms with E-state index in [9.17, 15) is 9.59 Å². The first-order valence-corrected chi connectivity index (χ1v) is 7.89. The van der Waals surface area contributed by atoms with Crippen molar-refractivity contribution in [2.24, 2.45) is 15.9 Å². The van der Waals surface area contributed by atoms with E-state index in [1.807, 2.05) is 44.2 Å². The van der Waals surface area contributed by atoms with E-state index < -0.39 is 18.1 Å². The monoisotopic (exact) mass is 343 g/mol. The molecule has 0 saturated heterocycles.